The Kier molecular flexibility index (Phi) is 5.06. The molecule has 0 aliphatic rings. The highest BCUT2D eigenvalue weighted by Gasteiger charge is 2.14. The molecule has 142 valence electrons. The first-order valence-electron chi connectivity index (χ1n) is 8.51. The summed E-state index contributed by atoms with van der Waals surface area (Å²) in [6.45, 7) is 4.67. The molecule has 0 N–H and O–H groups in total. The fourth-order valence-corrected chi connectivity index (χ4v) is 4.01. The van der Waals surface area contributed by atoms with E-state index in [1.54, 1.807) is 25.3 Å². The number of methoxy groups -OCH3 is 1. The Balaban J connectivity index is 2.02. The lowest BCUT2D eigenvalue weighted by Crippen LogP contribution is -2.18. The van der Waals surface area contributed by atoms with E-state index >= 15 is 0 Å². The molecule has 0 unspecified atom stereocenters. The molecule has 0 atom stereocenters. The molecular formula is C20H23N3O3S. The van der Waals surface area contributed by atoms with Crippen molar-refractivity contribution in [1.29, 1.82) is 0 Å². The summed E-state index contributed by atoms with van der Waals surface area (Å²) in [7, 11) is 0.306. The Morgan fingerprint density at radius 2 is 1.74 bits per heavy atom. The van der Waals surface area contributed by atoms with Crippen molar-refractivity contribution >= 4 is 26.6 Å². The second-order valence-electron chi connectivity index (χ2n) is 6.77. The van der Waals surface area contributed by atoms with Gasteiger partial charge in [-0.25, -0.2) is 18.4 Å². The second-order valence-corrected chi connectivity index (χ2v) is 8.78. The quantitative estimate of drug-likeness (QED) is 0.671. The van der Waals surface area contributed by atoms with Gasteiger partial charge < -0.3 is 9.64 Å². The number of hydrogen-bond acceptors (Lipinski definition) is 6. The molecule has 0 spiro atoms. The van der Waals surface area contributed by atoms with E-state index in [2.05, 4.69) is 22.1 Å². The first-order valence-corrected chi connectivity index (χ1v) is 10.4. The molecule has 0 saturated heterocycles. The number of aromatic nitrogens is 2. The summed E-state index contributed by atoms with van der Waals surface area (Å²) < 4.78 is 29.3. The van der Waals surface area contributed by atoms with Crippen LogP contribution in [0.3, 0.4) is 0 Å². The molecule has 0 saturated carbocycles. The topological polar surface area (TPSA) is 72.4 Å². The average molecular weight is 385 g/mol. The van der Waals surface area contributed by atoms with Gasteiger partial charge >= 0.3 is 0 Å². The van der Waals surface area contributed by atoms with Crippen LogP contribution in [0.1, 0.15) is 16.7 Å². The van der Waals surface area contributed by atoms with E-state index in [0.717, 1.165) is 22.4 Å². The minimum absolute atomic E-state index is 0.260. The summed E-state index contributed by atoms with van der Waals surface area (Å²) in [6.07, 6.45) is 2.70. The molecular weight excluding hydrogens is 362 g/mol. The zero-order valence-electron chi connectivity index (χ0n) is 16.1. The van der Waals surface area contributed by atoms with Gasteiger partial charge in [-0.2, -0.15) is 0 Å². The van der Waals surface area contributed by atoms with Crippen molar-refractivity contribution in [1.82, 2.24) is 9.97 Å². The Labute approximate surface area is 159 Å². The van der Waals surface area contributed by atoms with Crippen LogP contribution in [-0.4, -0.2) is 38.8 Å². The molecule has 27 heavy (non-hydrogen) atoms. The molecule has 0 radical (unpaired) electrons. The Hall–Kier alpha value is -2.67. The zero-order valence-corrected chi connectivity index (χ0v) is 17.0. The van der Waals surface area contributed by atoms with Crippen LogP contribution in [0.25, 0.3) is 10.9 Å². The molecule has 3 aromatic rings. The minimum atomic E-state index is -3.30. The lowest BCUT2D eigenvalue weighted by molar-refractivity contribution is 0.408. The number of nitrogens with zero attached hydrogens (tertiary/aromatic N) is 3. The molecule has 7 heteroatoms. The van der Waals surface area contributed by atoms with Crippen LogP contribution < -0.4 is 9.64 Å². The maximum absolute atomic E-state index is 11.9. The molecule has 0 fully saturated rings. The molecule has 0 bridgehead atoms. The van der Waals surface area contributed by atoms with Gasteiger partial charge in [0, 0.05) is 25.2 Å². The van der Waals surface area contributed by atoms with E-state index in [9.17, 15) is 8.42 Å². The first kappa shape index (κ1) is 19.1. The van der Waals surface area contributed by atoms with Gasteiger partial charge in [-0.1, -0.05) is 12.1 Å². The highest BCUT2D eigenvalue weighted by Crippen LogP contribution is 2.28. The monoisotopic (exact) mass is 385 g/mol. The highest BCUT2D eigenvalue weighted by atomic mass is 32.2. The van der Waals surface area contributed by atoms with Gasteiger partial charge in [0.25, 0.3) is 0 Å². The van der Waals surface area contributed by atoms with Crippen molar-refractivity contribution in [2.45, 2.75) is 25.3 Å². The molecule has 1 aromatic heterocycles. The number of hydrogen-bond donors (Lipinski definition) is 0. The van der Waals surface area contributed by atoms with E-state index in [1.165, 1.54) is 12.6 Å². The van der Waals surface area contributed by atoms with Crippen LogP contribution in [0, 0.1) is 13.8 Å². The standard InChI is InChI=1S/C20H23N3O3S/c1-13-8-15(9-14(2)19(13)26-4)11-23(3)20-17-10-16(27(5,24)25)6-7-18(17)21-12-22-20/h6-10,12H,11H2,1-5H3. The SMILES string of the molecule is COc1c(C)cc(CN(C)c2ncnc3ccc(S(C)(=O)=O)cc23)cc1C. The maximum Gasteiger partial charge on any atom is 0.175 e. The summed E-state index contributed by atoms with van der Waals surface area (Å²) in [6, 6.07) is 9.11. The van der Waals surface area contributed by atoms with Crippen LogP contribution in [0.4, 0.5) is 5.82 Å². The predicted octanol–water partition coefficient (Wildman–Crippen LogP) is 3.30. The third-order valence-electron chi connectivity index (χ3n) is 4.52. The molecule has 3 rings (SSSR count). The van der Waals surface area contributed by atoms with Gasteiger partial charge in [0.1, 0.15) is 17.9 Å². The van der Waals surface area contributed by atoms with Gasteiger partial charge in [-0.15, -0.1) is 0 Å². The van der Waals surface area contributed by atoms with E-state index in [1.807, 2.05) is 25.8 Å². The molecule has 6 nitrogen and oxygen atoms in total. The van der Waals surface area contributed by atoms with E-state index in [4.69, 9.17) is 4.74 Å². The third-order valence-corrected chi connectivity index (χ3v) is 5.63. The molecule has 0 aliphatic heterocycles. The number of ether oxygens (including phenoxy) is 1. The van der Waals surface area contributed by atoms with Crippen molar-refractivity contribution in [2.75, 3.05) is 25.3 Å². The number of rotatable bonds is 5. The summed E-state index contributed by atoms with van der Waals surface area (Å²) >= 11 is 0. The largest absolute Gasteiger partial charge is 0.496 e. The maximum atomic E-state index is 11.9. The van der Waals surface area contributed by atoms with Crippen molar-refractivity contribution in [2.24, 2.45) is 0 Å². The van der Waals surface area contributed by atoms with Crippen LogP contribution in [0.15, 0.2) is 41.6 Å². The summed E-state index contributed by atoms with van der Waals surface area (Å²) in [4.78, 5) is 10.9. The van der Waals surface area contributed by atoms with Crippen molar-refractivity contribution in [3.05, 3.63) is 53.3 Å². The predicted molar refractivity (Wildman–Crippen MR) is 107 cm³/mol. The van der Waals surface area contributed by atoms with Gasteiger partial charge in [0.15, 0.2) is 9.84 Å². The third kappa shape index (κ3) is 3.88. The number of anilines is 1. The fourth-order valence-electron chi connectivity index (χ4n) is 3.36. The smallest absolute Gasteiger partial charge is 0.175 e. The van der Waals surface area contributed by atoms with Crippen LogP contribution in [-0.2, 0) is 16.4 Å². The molecule has 0 aliphatic carbocycles. The second kappa shape index (κ2) is 7.15. The number of aryl methyl sites for hydroxylation is 2. The van der Waals surface area contributed by atoms with Crippen LogP contribution in [0.2, 0.25) is 0 Å². The van der Waals surface area contributed by atoms with Gasteiger partial charge in [-0.05, 0) is 48.7 Å². The number of benzene rings is 2. The minimum Gasteiger partial charge on any atom is -0.496 e. The lowest BCUT2D eigenvalue weighted by Gasteiger charge is -2.21. The molecule has 1 heterocycles. The first-order chi connectivity index (χ1) is 12.7. The summed E-state index contributed by atoms with van der Waals surface area (Å²) in [5.41, 5.74) is 3.99. The Morgan fingerprint density at radius 3 is 2.33 bits per heavy atom. The van der Waals surface area contributed by atoms with Gasteiger partial charge in [-0.3, -0.25) is 0 Å². The van der Waals surface area contributed by atoms with Crippen LogP contribution in [0.5, 0.6) is 5.75 Å². The zero-order chi connectivity index (χ0) is 19.8. The van der Waals surface area contributed by atoms with Crippen molar-refractivity contribution in [3.63, 3.8) is 0 Å². The summed E-state index contributed by atoms with van der Waals surface area (Å²) in [5, 5.41) is 0.713. The number of fused-ring (bicyclic) bond motifs is 1. The molecule has 0 amide bonds. The van der Waals surface area contributed by atoms with E-state index in [-0.39, 0.29) is 4.90 Å². The fraction of sp³-hybridized carbons (Fsp3) is 0.300. The van der Waals surface area contributed by atoms with E-state index in [0.29, 0.717) is 23.3 Å². The lowest BCUT2D eigenvalue weighted by atomic mass is 10.1. The normalized spacial score (nSPS) is 11.6. The van der Waals surface area contributed by atoms with Gasteiger partial charge in [0.2, 0.25) is 0 Å². The van der Waals surface area contributed by atoms with Crippen molar-refractivity contribution < 1.29 is 13.2 Å². The highest BCUT2D eigenvalue weighted by molar-refractivity contribution is 7.90. The number of sulfone groups is 1. The van der Waals surface area contributed by atoms with E-state index < -0.39 is 9.84 Å². The Morgan fingerprint density at radius 1 is 1.07 bits per heavy atom. The average Bonchev–Trinajstić information content (AvgIpc) is 2.59. The molecule has 2 aromatic carbocycles. The van der Waals surface area contributed by atoms with Crippen molar-refractivity contribution in [3.8, 4) is 5.75 Å². The van der Waals surface area contributed by atoms with Crippen LogP contribution >= 0.6 is 0 Å². The van der Waals surface area contributed by atoms with Gasteiger partial charge in [0.05, 0.1) is 17.5 Å². The Bertz CT molecular complexity index is 1090. The summed E-state index contributed by atoms with van der Waals surface area (Å²) in [5.74, 6) is 1.59.